The van der Waals surface area contributed by atoms with Crippen molar-refractivity contribution in [2.75, 3.05) is 13.1 Å². The van der Waals surface area contributed by atoms with E-state index in [2.05, 4.69) is 22.2 Å². The number of hydrogen-bond acceptors (Lipinski definition) is 4. The third kappa shape index (κ3) is 3.05. The van der Waals surface area contributed by atoms with Gasteiger partial charge in [0.05, 0.1) is 11.9 Å². The second-order valence-corrected chi connectivity index (χ2v) is 3.54. The summed E-state index contributed by atoms with van der Waals surface area (Å²) in [6.07, 6.45) is 5.83. The van der Waals surface area contributed by atoms with Crippen LogP contribution in [0.2, 0.25) is 0 Å². The van der Waals surface area contributed by atoms with Crippen LogP contribution in [0.4, 0.5) is 0 Å². The number of rotatable bonds is 5. The number of aromatic nitrogens is 2. The first kappa shape index (κ1) is 11.1. The van der Waals surface area contributed by atoms with Crippen LogP contribution in [0, 0.1) is 0 Å². The normalized spacial score (nSPS) is 15.1. The first-order valence-corrected chi connectivity index (χ1v) is 4.86. The average Bonchev–Trinajstić information content (AvgIpc) is 2.19. The highest BCUT2D eigenvalue weighted by molar-refractivity contribution is 5.06. The standard InChI is InChI=1S/C10H17N3O/c1-3-4-12-8-10(2,14)9-7-11-5-6-13-9/h5-7,12,14H,3-4,8H2,1-2H3. The predicted molar refractivity (Wildman–Crippen MR) is 54.8 cm³/mol. The van der Waals surface area contributed by atoms with Crippen LogP contribution < -0.4 is 5.32 Å². The van der Waals surface area contributed by atoms with Gasteiger partial charge in [0.25, 0.3) is 0 Å². The molecule has 1 unspecified atom stereocenters. The molecular formula is C10H17N3O. The minimum atomic E-state index is -0.941. The quantitative estimate of drug-likeness (QED) is 0.678. The zero-order valence-corrected chi connectivity index (χ0v) is 8.70. The second-order valence-electron chi connectivity index (χ2n) is 3.54. The van der Waals surface area contributed by atoms with E-state index in [1.165, 1.54) is 0 Å². The monoisotopic (exact) mass is 195 g/mol. The van der Waals surface area contributed by atoms with Crippen molar-refractivity contribution in [1.29, 1.82) is 0 Å². The largest absolute Gasteiger partial charge is 0.382 e. The Hall–Kier alpha value is -1.00. The Morgan fingerprint density at radius 3 is 2.86 bits per heavy atom. The number of nitrogens with zero attached hydrogens (tertiary/aromatic N) is 2. The molecule has 0 aliphatic rings. The third-order valence-corrected chi connectivity index (χ3v) is 2.01. The van der Waals surface area contributed by atoms with E-state index in [4.69, 9.17) is 0 Å². The first-order chi connectivity index (χ1) is 6.67. The molecule has 78 valence electrons. The lowest BCUT2D eigenvalue weighted by Crippen LogP contribution is -2.36. The van der Waals surface area contributed by atoms with E-state index in [1.54, 1.807) is 25.5 Å². The zero-order valence-electron chi connectivity index (χ0n) is 8.70. The first-order valence-electron chi connectivity index (χ1n) is 4.86. The van der Waals surface area contributed by atoms with E-state index in [0.29, 0.717) is 12.2 Å². The maximum Gasteiger partial charge on any atom is 0.118 e. The Bertz CT molecular complexity index is 261. The molecule has 0 fully saturated rings. The predicted octanol–water partition coefficient (Wildman–Crippen LogP) is 0.684. The van der Waals surface area contributed by atoms with Crippen molar-refractivity contribution in [3.05, 3.63) is 24.3 Å². The summed E-state index contributed by atoms with van der Waals surface area (Å²) in [7, 11) is 0. The third-order valence-electron chi connectivity index (χ3n) is 2.01. The summed E-state index contributed by atoms with van der Waals surface area (Å²) in [6, 6.07) is 0. The van der Waals surface area contributed by atoms with Gasteiger partial charge in [-0.05, 0) is 19.9 Å². The van der Waals surface area contributed by atoms with E-state index >= 15 is 0 Å². The zero-order chi connectivity index (χ0) is 10.4. The molecule has 0 amide bonds. The fraction of sp³-hybridized carbons (Fsp3) is 0.600. The van der Waals surface area contributed by atoms with Crippen molar-refractivity contribution in [1.82, 2.24) is 15.3 Å². The summed E-state index contributed by atoms with van der Waals surface area (Å²) in [5, 5.41) is 13.2. The molecule has 0 saturated carbocycles. The topological polar surface area (TPSA) is 58.0 Å². The van der Waals surface area contributed by atoms with Crippen molar-refractivity contribution < 1.29 is 5.11 Å². The van der Waals surface area contributed by atoms with Crippen molar-refractivity contribution >= 4 is 0 Å². The molecule has 0 aromatic carbocycles. The van der Waals surface area contributed by atoms with E-state index < -0.39 is 5.60 Å². The molecule has 0 bridgehead atoms. The van der Waals surface area contributed by atoms with Gasteiger partial charge in [-0.25, -0.2) is 0 Å². The maximum absolute atomic E-state index is 10.0. The molecule has 14 heavy (non-hydrogen) atoms. The Kier molecular flexibility index (Phi) is 3.98. The average molecular weight is 195 g/mol. The van der Waals surface area contributed by atoms with Gasteiger partial charge < -0.3 is 10.4 Å². The highest BCUT2D eigenvalue weighted by atomic mass is 16.3. The Morgan fingerprint density at radius 2 is 2.29 bits per heavy atom. The smallest absolute Gasteiger partial charge is 0.118 e. The van der Waals surface area contributed by atoms with E-state index in [9.17, 15) is 5.11 Å². The van der Waals surface area contributed by atoms with Crippen molar-refractivity contribution in [3.63, 3.8) is 0 Å². The number of nitrogens with one attached hydrogen (secondary N) is 1. The molecule has 2 N–H and O–H groups in total. The molecule has 4 nitrogen and oxygen atoms in total. The van der Waals surface area contributed by atoms with E-state index in [1.807, 2.05) is 0 Å². The molecule has 0 radical (unpaired) electrons. The lowest BCUT2D eigenvalue weighted by molar-refractivity contribution is 0.0523. The molecule has 0 aliphatic heterocycles. The Balaban J connectivity index is 2.56. The van der Waals surface area contributed by atoms with Crippen molar-refractivity contribution in [2.45, 2.75) is 25.9 Å². The highest BCUT2D eigenvalue weighted by Crippen LogP contribution is 2.15. The maximum atomic E-state index is 10.0. The molecule has 1 aromatic heterocycles. The van der Waals surface area contributed by atoms with Crippen LogP contribution in [0.25, 0.3) is 0 Å². The molecule has 1 rings (SSSR count). The molecule has 1 heterocycles. The number of aliphatic hydroxyl groups is 1. The highest BCUT2D eigenvalue weighted by Gasteiger charge is 2.23. The van der Waals surface area contributed by atoms with Gasteiger partial charge in [0.1, 0.15) is 5.60 Å². The summed E-state index contributed by atoms with van der Waals surface area (Å²) in [6.45, 7) is 5.22. The van der Waals surface area contributed by atoms with Crippen LogP contribution in [0.1, 0.15) is 26.0 Å². The van der Waals surface area contributed by atoms with Gasteiger partial charge in [0.2, 0.25) is 0 Å². The number of hydrogen-bond donors (Lipinski definition) is 2. The molecule has 4 heteroatoms. The van der Waals surface area contributed by atoms with Crippen LogP contribution in [0.5, 0.6) is 0 Å². The van der Waals surface area contributed by atoms with Crippen LogP contribution in [0.15, 0.2) is 18.6 Å². The summed E-state index contributed by atoms with van der Waals surface area (Å²) in [4.78, 5) is 8.01. The summed E-state index contributed by atoms with van der Waals surface area (Å²) >= 11 is 0. The fourth-order valence-corrected chi connectivity index (χ4v) is 1.18. The Morgan fingerprint density at radius 1 is 1.50 bits per heavy atom. The molecular weight excluding hydrogens is 178 g/mol. The molecule has 0 saturated heterocycles. The lowest BCUT2D eigenvalue weighted by atomic mass is 10.0. The van der Waals surface area contributed by atoms with Crippen molar-refractivity contribution in [2.24, 2.45) is 0 Å². The van der Waals surface area contributed by atoms with Crippen LogP contribution in [-0.2, 0) is 5.60 Å². The molecule has 1 aromatic rings. The minimum Gasteiger partial charge on any atom is -0.382 e. The van der Waals surface area contributed by atoms with Gasteiger partial charge in [-0.2, -0.15) is 0 Å². The molecule has 1 atom stereocenters. The molecule has 0 spiro atoms. The summed E-state index contributed by atoms with van der Waals surface area (Å²) in [5.74, 6) is 0. The molecule has 0 aliphatic carbocycles. The van der Waals surface area contributed by atoms with Gasteiger partial charge in [0.15, 0.2) is 0 Å². The van der Waals surface area contributed by atoms with Crippen LogP contribution in [-0.4, -0.2) is 28.2 Å². The van der Waals surface area contributed by atoms with Gasteiger partial charge in [-0.1, -0.05) is 6.92 Å². The Labute approximate surface area is 84.4 Å². The second kappa shape index (κ2) is 5.02. The minimum absolute atomic E-state index is 0.500. The van der Waals surface area contributed by atoms with Gasteiger partial charge in [-0.15, -0.1) is 0 Å². The van der Waals surface area contributed by atoms with Crippen LogP contribution >= 0.6 is 0 Å². The van der Waals surface area contributed by atoms with Crippen molar-refractivity contribution in [3.8, 4) is 0 Å². The van der Waals surface area contributed by atoms with Gasteiger partial charge >= 0.3 is 0 Å². The summed E-state index contributed by atoms with van der Waals surface area (Å²) < 4.78 is 0. The van der Waals surface area contributed by atoms with Gasteiger partial charge in [-0.3, -0.25) is 9.97 Å². The van der Waals surface area contributed by atoms with E-state index in [0.717, 1.165) is 13.0 Å². The SMILES string of the molecule is CCCNCC(C)(O)c1cnccn1. The van der Waals surface area contributed by atoms with Crippen LogP contribution in [0.3, 0.4) is 0 Å². The fourth-order valence-electron chi connectivity index (χ4n) is 1.18. The van der Waals surface area contributed by atoms with E-state index in [-0.39, 0.29) is 0 Å². The van der Waals surface area contributed by atoms with Gasteiger partial charge in [0, 0.05) is 18.9 Å². The summed E-state index contributed by atoms with van der Waals surface area (Å²) in [5.41, 5.74) is -0.340. The lowest BCUT2D eigenvalue weighted by Gasteiger charge is -2.22.